The van der Waals surface area contributed by atoms with E-state index in [9.17, 15) is 13.2 Å². The third-order valence-electron chi connectivity index (χ3n) is 3.53. The lowest BCUT2D eigenvalue weighted by Crippen LogP contribution is -2.40. The van der Waals surface area contributed by atoms with Crippen LogP contribution in [0.2, 0.25) is 0 Å². The van der Waals surface area contributed by atoms with E-state index in [1.54, 1.807) is 17.0 Å². The molecular formula is C14H18ClNO3S. The van der Waals surface area contributed by atoms with E-state index in [2.05, 4.69) is 0 Å². The average molecular weight is 316 g/mol. The Labute approximate surface area is 124 Å². The van der Waals surface area contributed by atoms with Gasteiger partial charge in [0.2, 0.25) is 0 Å². The number of piperidine rings is 1. The molecule has 0 bridgehead atoms. The highest BCUT2D eigenvalue weighted by Crippen LogP contribution is 2.20. The minimum absolute atomic E-state index is 0.120. The number of carbonyl (C=O) groups excluding carboxylic acids is 1. The van der Waals surface area contributed by atoms with Crippen LogP contribution in [0.3, 0.4) is 0 Å². The predicted molar refractivity (Wildman–Crippen MR) is 78.9 cm³/mol. The number of sulfone groups is 1. The van der Waals surface area contributed by atoms with E-state index < -0.39 is 9.84 Å². The van der Waals surface area contributed by atoms with E-state index in [0.29, 0.717) is 30.5 Å². The van der Waals surface area contributed by atoms with Gasteiger partial charge in [0.1, 0.15) is 0 Å². The number of halogens is 1. The number of nitrogens with zero attached hydrogens (tertiary/aromatic N) is 1. The molecule has 1 atom stereocenters. The van der Waals surface area contributed by atoms with E-state index in [4.69, 9.17) is 11.6 Å². The highest BCUT2D eigenvalue weighted by molar-refractivity contribution is 7.90. The summed E-state index contributed by atoms with van der Waals surface area (Å²) >= 11 is 5.86. The first-order valence-corrected chi connectivity index (χ1v) is 9.00. The molecule has 1 aliphatic heterocycles. The Morgan fingerprint density at radius 2 is 2.20 bits per heavy atom. The molecule has 0 spiro atoms. The van der Waals surface area contributed by atoms with Crippen LogP contribution in [0.4, 0.5) is 0 Å². The van der Waals surface area contributed by atoms with Crippen molar-refractivity contribution in [2.24, 2.45) is 5.92 Å². The molecule has 1 fully saturated rings. The number of hydrogen-bond donors (Lipinski definition) is 0. The van der Waals surface area contributed by atoms with Gasteiger partial charge < -0.3 is 4.90 Å². The van der Waals surface area contributed by atoms with E-state index in [1.807, 2.05) is 0 Å². The van der Waals surface area contributed by atoms with Crippen LogP contribution in [0, 0.1) is 5.92 Å². The Bertz CT molecular complexity index is 600. The van der Waals surface area contributed by atoms with Gasteiger partial charge in [-0.3, -0.25) is 4.79 Å². The Kier molecular flexibility index (Phi) is 4.70. The molecule has 0 N–H and O–H groups in total. The van der Waals surface area contributed by atoms with Gasteiger partial charge in [0, 0.05) is 30.8 Å². The van der Waals surface area contributed by atoms with E-state index >= 15 is 0 Å². The van der Waals surface area contributed by atoms with Gasteiger partial charge in [0.15, 0.2) is 9.84 Å². The maximum atomic E-state index is 12.4. The van der Waals surface area contributed by atoms with Crippen molar-refractivity contribution >= 4 is 27.3 Å². The second-order valence-electron chi connectivity index (χ2n) is 5.21. The third-order valence-corrected chi connectivity index (χ3v) is 5.08. The normalized spacial score (nSPS) is 19.9. The molecule has 110 valence electrons. The molecule has 0 radical (unpaired) electrons. The standard InChI is InChI=1S/C14H18ClNO3S/c1-20(18,19)13-6-2-5-12(8-13)14(17)16-7-3-4-11(9-15)10-16/h2,5-6,8,11H,3-4,7,9-10H2,1H3. The van der Waals surface area contributed by atoms with Crippen LogP contribution >= 0.6 is 11.6 Å². The van der Waals surface area contributed by atoms with Crippen molar-refractivity contribution in [1.29, 1.82) is 0 Å². The molecule has 1 unspecified atom stereocenters. The van der Waals surface area contributed by atoms with Gasteiger partial charge in [-0.1, -0.05) is 6.07 Å². The fourth-order valence-corrected chi connectivity index (χ4v) is 3.34. The number of likely N-dealkylation sites (tertiary alicyclic amines) is 1. The lowest BCUT2D eigenvalue weighted by Gasteiger charge is -2.32. The van der Waals surface area contributed by atoms with Crippen molar-refractivity contribution in [3.05, 3.63) is 29.8 Å². The largest absolute Gasteiger partial charge is 0.338 e. The molecule has 0 saturated carbocycles. The van der Waals surface area contributed by atoms with Crippen LogP contribution in [0.1, 0.15) is 23.2 Å². The molecule has 1 aliphatic rings. The molecular weight excluding hydrogens is 298 g/mol. The fraction of sp³-hybridized carbons (Fsp3) is 0.500. The molecule has 1 amide bonds. The Morgan fingerprint density at radius 1 is 1.45 bits per heavy atom. The van der Waals surface area contributed by atoms with Crippen molar-refractivity contribution in [2.45, 2.75) is 17.7 Å². The molecule has 0 aliphatic carbocycles. The molecule has 1 aromatic rings. The predicted octanol–water partition coefficient (Wildman–Crippen LogP) is 2.18. The van der Waals surface area contributed by atoms with Crippen LogP contribution in [0.15, 0.2) is 29.2 Å². The molecule has 20 heavy (non-hydrogen) atoms. The van der Waals surface area contributed by atoms with E-state index in [-0.39, 0.29) is 10.8 Å². The SMILES string of the molecule is CS(=O)(=O)c1cccc(C(=O)N2CCCC(CCl)C2)c1. The summed E-state index contributed by atoms with van der Waals surface area (Å²) < 4.78 is 23.1. The Morgan fingerprint density at radius 3 is 2.85 bits per heavy atom. The molecule has 1 heterocycles. The first-order chi connectivity index (χ1) is 9.41. The molecule has 0 aromatic heterocycles. The zero-order valence-electron chi connectivity index (χ0n) is 11.4. The molecule has 4 nitrogen and oxygen atoms in total. The summed E-state index contributed by atoms with van der Waals surface area (Å²) in [5, 5.41) is 0. The molecule has 1 aromatic carbocycles. The number of alkyl halides is 1. The summed E-state index contributed by atoms with van der Waals surface area (Å²) in [6.07, 6.45) is 3.12. The van der Waals surface area contributed by atoms with Crippen LogP contribution in [-0.2, 0) is 9.84 Å². The maximum Gasteiger partial charge on any atom is 0.253 e. The highest BCUT2D eigenvalue weighted by Gasteiger charge is 2.24. The van der Waals surface area contributed by atoms with Crippen molar-refractivity contribution in [3.63, 3.8) is 0 Å². The Hall–Kier alpha value is -1.07. The minimum Gasteiger partial charge on any atom is -0.338 e. The maximum absolute atomic E-state index is 12.4. The Balaban J connectivity index is 2.21. The van der Waals surface area contributed by atoms with Crippen LogP contribution in [0.25, 0.3) is 0 Å². The van der Waals surface area contributed by atoms with Gasteiger partial charge in [-0.2, -0.15) is 0 Å². The number of hydrogen-bond acceptors (Lipinski definition) is 3. The van der Waals surface area contributed by atoms with Crippen molar-refractivity contribution < 1.29 is 13.2 Å². The zero-order valence-corrected chi connectivity index (χ0v) is 13.0. The second kappa shape index (κ2) is 6.14. The number of amides is 1. The molecule has 2 rings (SSSR count). The van der Waals surface area contributed by atoms with E-state index in [1.165, 1.54) is 12.1 Å². The molecule has 1 saturated heterocycles. The highest BCUT2D eigenvalue weighted by atomic mass is 35.5. The smallest absolute Gasteiger partial charge is 0.253 e. The summed E-state index contributed by atoms with van der Waals surface area (Å²) in [7, 11) is -3.30. The lowest BCUT2D eigenvalue weighted by molar-refractivity contribution is 0.0684. The first-order valence-electron chi connectivity index (χ1n) is 6.57. The third kappa shape index (κ3) is 3.52. The summed E-state index contributed by atoms with van der Waals surface area (Å²) in [6.45, 7) is 1.35. The first kappa shape index (κ1) is 15.3. The average Bonchev–Trinajstić information content (AvgIpc) is 2.46. The quantitative estimate of drug-likeness (QED) is 0.803. The fourth-order valence-electron chi connectivity index (χ4n) is 2.42. The summed E-state index contributed by atoms with van der Waals surface area (Å²) in [5.74, 6) is 0.755. The van der Waals surface area contributed by atoms with Gasteiger partial charge in [0.25, 0.3) is 5.91 Å². The van der Waals surface area contributed by atoms with Crippen LogP contribution in [0.5, 0.6) is 0 Å². The van der Waals surface area contributed by atoms with Gasteiger partial charge in [-0.15, -0.1) is 11.6 Å². The van der Waals surface area contributed by atoms with Gasteiger partial charge in [-0.25, -0.2) is 8.42 Å². The monoisotopic (exact) mass is 315 g/mol. The van der Waals surface area contributed by atoms with Gasteiger partial charge in [-0.05, 0) is 37.0 Å². The minimum atomic E-state index is -3.30. The van der Waals surface area contributed by atoms with Crippen LogP contribution in [-0.4, -0.2) is 44.5 Å². The number of benzene rings is 1. The lowest BCUT2D eigenvalue weighted by atomic mass is 9.99. The summed E-state index contributed by atoms with van der Waals surface area (Å²) in [5.41, 5.74) is 0.420. The topological polar surface area (TPSA) is 54.5 Å². The summed E-state index contributed by atoms with van der Waals surface area (Å²) in [4.78, 5) is 14.4. The second-order valence-corrected chi connectivity index (χ2v) is 7.54. The number of rotatable bonds is 3. The zero-order chi connectivity index (χ0) is 14.8. The number of carbonyl (C=O) groups is 1. The van der Waals surface area contributed by atoms with Crippen molar-refractivity contribution in [1.82, 2.24) is 4.90 Å². The van der Waals surface area contributed by atoms with Crippen LogP contribution < -0.4 is 0 Å². The van der Waals surface area contributed by atoms with Crippen molar-refractivity contribution in [3.8, 4) is 0 Å². The summed E-state index contributed by atoms with van der Waals surface area (Å²) in [6, 6.07) is 6.21. The van der Waals surface area contributed by atoms with Gasteiger partial charge in [0.05, 0.1) is 4.90 Å². The van der Waals surface area contributed by atoms with Gasteiger partial charge >= 0.3 is 0 Å². The van der Waals surface area contributed by atoms with E-state index in [0.717, 1.165) is 19.1 Å². The molecule has 6 heteroatoms. The van der Waals surface area contributed by atoms with Crippen molar-refractivity contribution in [2.75, 3.05) is 25.2 Å².